The molecule has 3 rings (SSSR count). The van der Waals surface area contributed by atoms with E-state index in [-0.39, 0.29) is 5.41 Å². The van der Waals surface area contributed by atoms with Crippen molar-refractivity contribution >= 4 is 0 Å². The second-order valence-corrected chi connectivity index (χ2v) is 8.51. The van der Waals surface area contributed by atoms with Crippen molar-refractivity contribution in [2.45, 2.75) is 58.3 Å². The van der Waals surface area contributed by atoms with Crippen LogP contribution in [0.4, 0.5) is 0 Å². The molecule has 0 spiro atoms. The van der Waals surface area contributed by atoms with Crippen molar-refractivity contribution in [3.8, 4) is 6.07 Å². The quantitative estimate of drug-likeness (QED) is 0.594. The Balaban J connectivity index is 1.94. The van der Waals surface area contributed by atoms with Gasteiger partial charge in [-0.05, 0) is 50.3 Å². The number of benzene rings is 2. The smallest absolute Gasteiger partial charge is 0.104 e. The van der Waals surface area contributed by atoms with Gasteiger partial charge >= 0.3 is 0 Å². The van der Waals surface area contributed by atoms with Crippen molar-refractivity contribution in [1.82, 2.24) is 0 Å². The zero-order valence-electron chi connectivity index (χ0n) is 17.1. The van der Waals surface area contributed by atoms with Crippen molar-refractivity contribution < 1.29 is 0 Å². The monoisotopic (exact) mass is 355 g/mol. The third kappa shape index (κ3) is 3.62. The fraction of sp³-hybridized carbons (Fsp3) is 0.346. The molecule has 0 heterocycles. The molecule has 0 N–H and O–H groups in total. The van der Waals surface area contributed by atoms with Crippen LogP contribution in [0.1, 0.15) is 62.8 Å². The van der Waals surface area contributed by atoms with Gasteiger partial charge < -0.3 is 0 Å². The Kier molecular flexibility index (Phi) is 5.11. The van der Waals surface area contributed by atoms with Crippen LogP contribution in [0.5, 0.6) is 0 Å². The summed E-state index contributed by atoms with van der Waals surface area (Å²) in [5.74, 6) is 0. The highest BCUT2D eigenvalue weighted by Crippen LogP contribution is 2.38. The van der Waals surface area contributed by atoms with Crippen molar-refractivity contribution in [3.63, 3.8) is 0 Å². The topological polar surface area (TPSA) is 23.8 Å². The maximum atomic E-state index is 9.95. The predicted molar refractivity (Wildman–Crippen MR) is 114 cm³/mol. The number of aryl methyl sites for hydroxylation is 1. The lowest BCUT2D eigenvalue weighted by molar-refractivity contribution is 0.585. The molecule has 0 saturated heterocycles. The summed E-state index contributed by atoms with van der Waals surface area (Å²) < 4.78 is 0. The van der Waals surface area contributed by atoms with Crippen molar-refractivity contribution in [2.75, 3.05) is 0 Å². The van der Waals surface area contributed by atoms with Crippen molar-refractivity contribution in [1.29, 1.82) is 5.26 Å². The molecule has 0 saturated carbocycles. The van der Waals surface area contributed by atoms with E-state index < -0.39 is 5.41 Å². The van der Waals surface area contributed by atoms with E-state index in [0.29, 0.717) is 0 Å². The van der Waals surface area contributed by atoms with Gasteiger partial charge in [0.2, 0.25) is 0 Å². The molecule has 138 valence electrons. The first-order chi connectivity index (χ1) is 12.8. The molecule has 1 aliphatic carbocycles. The lowest BCUT2D eigenvalue weighted by Gasteiger charge is -2.31. The van der Waals surface area contributed by atoms with Crippen molar-refractivity contribution in [3.05, 3.63) is 94.1 Å². The molecule has 0 bridgehead atoms. The molecule has 1 unspecified atom stereocenters. The van der Waals surface area contributed by atoms with Gasteiger partial charge in [0.1, 0.15) is 5.41 Å². The summed E-state index contributed by atoms with van der Waals surface area (Å²) in [5, 5.41) is 9.95. The molecule has 0 aliphatic heterocycles. The summed E-state index contributed by atoms with van der Waals surface area (Å²) in [7, 11) is 0. The Morgan fingerprint density at radius 3 is 1.74 bits per heavy atom. The van der Waals surface area contributed by atoms with Gasteiger partial charge in [0.05, 0.1) is 6.07 Å². The Morgan fingerprint density at radius 1 is 0.741 bits per heavy atom. The molecule has 0 fully saturated rings. The molecular formula is C26H29N. The number of nitrogens with zero attached hydrogens (tertiary/aromatic N) is 1. The molecule has 0 amide bonds. The first kappa shape index (κ1) is 19.2. The minimum absolute atomic E-state index is 0.00261. The summed E-state index contributed by atoms with van der Waals surface area (Å²) in [4.78, 5) is 0. The molecule has 0 aromatic heterocycles. The van der Waals surface area contributed by atoms with Crippen molar-refractivity contribution in [2.24, 2.45) is 0 Å². The van der Waals surface area contributed by atoms with Gasteiger partial charge in [0, 0.05) is 5.41 Å². The van der Waals surface area contributed by atoms with E-state index in [0.717, 1.165) is 24.0 Å². The van der Waals surface area contributed by atoms with E-state index in [9.17, 15) is 5.26 Å². The van der Waals surface area contributed by atoms with Crippen LogP contribution < -0.4 is 0 Å². The average molecular weight is 356 g/mol. The Bertz CT molecular complexity index is 918. The third-order valence-electron chi connectivity index (χ3n) is 6.20. The highest BCUT2D eigenvalue weighted by atomic mass is 14.4. The minimum Gasteiger partial charge on any atom is -0.197 e. The van der Waals surface area contributed by atoms with E-state index in [1.165, 1.54) is 22.3 Å². The van der Waals surface area contributed by atoms with Gasteiger partial charge in [-0.3, -0.25) is 0 Å². The van der Waals surface area contributed by atoms with E-state index >= 15 is 0 Å². The Morgan fingerprint density at radius 2 is 1.26 bits per heavy atom. The zero-order valence-corrected chi connectivity index (χ0v) is 17.1. The van der Waals surface area contributed by atoms with Crippen LogP contribution in [0.3, 0.4) is 0 Å². The fourth-order valence-corrected chi connectivity index (χ4v) is 3.85. The molecule has 1 aliphatic rings. The second kappa shape index (κ2) is 7.20. The van der Waals surface area contributed by atoms with Gasteiger partial charge in [-0.15, -0.1) is 0 Å². The Labute approximate surface area is 164 Å². The number of hydrogen-bond acceptors (Lipinski definition) is 1. The molecule has 2 aromatic carbocycles. The summed E-state index contributed by atoms with van der Waals surface area (Å²) in [6.45, 7) is 10.9. The molecule has 1 atom stereocenters. The predicted octanol–water partition coefficient (Wildman–Crippen LogP) is 6.77. The maximum Gasteiger partial charge on any atom is 0.104 e. The number of rotatable bonds is 4. The standard InChI is InChI=1S/C26H29N/c1-19-6-10-21(11-7-19)25(3,4)22-14-16-24(17-15-22)26(5,18-27)23-12-8-20(2)9-13-23/h6,8-10,12-17H,7,11H2,1-5H3. The highest BCUT2D eigenvalue weighted by Gasteiger charge is 2.30. The van der Waals surface area contributed by atoms with Crippen LogP contribution in [0.15, 0.2) is 71.8 Å². The maximum absolute atomic E-state index is 9.95. The summed E-state index contributed by atoms with van der Waals surface area (Å²) >= 11 is 0. The minimum atomic E-state index is -0.639. The van der Waals surface area contributed by atoms with E-state index in [1.54, 1.807) is 0 Å². The Hall–Kier alpha value is -2.59. The van der Waals surface area contributed by atoms with Crippen LogP contribution in [0.2, 0.25) is 0 Å². The van der Waals surface area contributed by atoms with Gasteiger partial charge in [-0.2, -0.15) is 5.26 Å². The first-order valence-electron chi connectivity index (χ1n) is 9.73. The molecule has 27 heavy (non-hydrogen) atoms. The fourth-order valence-electron chi connectivity index (χ4n) is 3.85. The molecule has 1 nitrogen and oxygen atoms in total. The van der Waals surface area contributed by atoms with E-state index in [1.807, 2.05) is 6.92 Å². The van der Waals surface area contributed by atoms with Gasteiger partial charge in [0.15, 0.2) is 0 Å². The lowest BCUT2D eigenvalue weighted by Crippen LogP contribution is -2.24. The SMILES string of the molecule is CC1=CC=C(C(C)(C)c2ccc(C(C)(C#N)c3ccc(C)cc3)cc2)CC1. The van der Waals surface area contributed by atoms with E-state index in [4.69, 9.17) is 0 Å². The van der Waals surface area contributed by atoms with Crippen LogP contribution in [0, 0.1) is 18.3 Å². The molecular weight excluding hydrogens is 326 g/mol. The van der Waals surface area contributed by atoms with Gasteiger partial charge in [-0.25, -0.2) is 0 Å². The summed E-state index contributed by atoms with van der Waals surface area (Å²) in [5.41, 5.74) is 6.88. The van der Waals surface area contributed by atoms with Crippen LogP contribution in [-0.2, 0) is 10.8 Å². The van der Waals surface area contributed by atoms with Crippen LogP contribution in [-0.4, -0.2) is 0 Å². The van der Waals surface area contributed by atoms with E-state index in [2.05, 4.69) is 94.4 Å². The molecule has 0 radical (unpaired) electrons. The second-order valence-electron chi connectivity index (χ2n) is 8.51. The van der Waals surface area contributed by atoms with Crippen LogP contribution in [0.25, 0.3) is 0 Å². The third-order valence-corrected chi connectivity index (χ3v) is 6.20. The number of hydrogen-bond donors (Lipinski definition) is 0. The number of nitriles is 1. The summed E-state index contributed by atoms with van der Waals surface area (Å²) in [6.07, 6.45) is 6.81. The molecule has 2 aromatic rings. The average Bonchev–Trinajstić information content (AvgIpc) is 2.68. The zero-order chi connectivity index (χ0) is 19.7. The normalized spacial score (nSPS) is 16.7. The number of allylic oxidation sites excluding steroid dienone is 4. The first-order valence-corrected chi connectivity index (χ1v) is 9.73. The van der Waals surface area contributed by atoms with Gasteiger partial charge in [-0.1, -0.05) is 91.2 Å². The van der Waals surface area contributed by atoms with Gasteiger partial charge in [0.25, 0.3) is 0 Å². The summed E-state index contributed by atoms with van der Waals surface area (Å²) in [6, 6.07) is 19.5. The van der Waals surface area contributed by atoms with Crippen LogP contribution >= 0.6 is 0 Å². The highest BCUT2D eigenvalue weighted by molar-refractivity contribution is 5.48. The molecule has 1 heteroatoms. The lowest BCUT2D eigenvalue weighted by atomic mass is 9.72. The largest absolute Gasteiger partial charge is 0.197 e.